The summed E-state index contributed by atoms with van der Waals surface area (Å²) in [5, 5.41) is 2.51. The van der Waals surface area contributed by atoms with E-state index in [2.05, 4.69) is 69.3 Å². The van der Waals surface area contributed by atoms with Crippen molar-refractivity contribution in [2.24, 2.45) is 11.8 Å². The molecule has 158 valence electrons. The monoisotopic (exact) mass is 432 g/mol. The van der Waals surface area contributed by atoms with Crippen molar-refractivity contribution in [3.8, 4) is 0 Å². The van der Waals surface area contributed by atoms with Crippen molar-refractivity contribution >= 4 is 28.8 Å². The van der Waals surface area contributed by atoms with E-state index in [0.29, 0.717) is 12.5 Å². The van der Waals surface area contributed by atoms with Gasteiger partial charge in [-0.15, -0.1) is 0 Å². The first-order valence-corrected chi connectivity index (χ1v) is 13.8. The fraction of sp³-hybridized carbons (Fsp3) is 0.478. The van der Waals surface area contributed by atoms with Crippen LogP contribution in [0.5, 0.6) is 0 Å². The normalized spacial score (nSPS) is 20.3. The van der Waals surface area contributed by atoms with E-state index < -0.39 is 18.4 Å². The van der Waals surface area contributed by atoms with Crippen LogP contribution in [0.1, 0.15) is 40.0 Å². The van der Waals surface area contributed by atoms with E-state index in [1.54, 1.807) is 0 Å². The quantitative estimate of drug-likeness (QED) is 0.508. The number of benzene rings is 2. The molecule has 1 N–H and O–H groups in total. The van der Waals surface area contributed by atoms with Crippen LogP contribution in [0.2, 0.25) is 5.04 Å². The van der Waals surface area contributed by atoms with E-state index in [0.717, 1.165) is 19.3 Å². The van der Waals surface area contributed by atoms with Gasteiger partial charge in [-0.2, -0.15) is 8.42 Å². The molecule has 3 rings (SSSR count). The van der Waals surface area contributed by atoms with E-state index >= 15 is 0 Å². The molecular weight excluding hydrogens is 400 g/mol. The number of rotatable bonds is 8. The Bertz CT molecular complexity index is 846. The molecule has 2 aromatic carbocycles. The smallest absolute Gasteiger partial charge is 0.265 e. The fourth-order valence-corrected chi connectivity index (χ4v) is 10.1. The summed E-state index contributed by atoms with van der Waals surface area (Å²) in [6, 6.07) is 21.2. The van der Waals surface area contributed by atoms with Crippen molar-refractivity contribution in [2.45, 2.75) is 45.1 Å². The Kier molecular flexibility index (Phi) is 6.68. The molecule has 29 heavy (non-hydrogen) atoms. The summed E-state index contributed by atoms with van der Waals surface area (Å²) >= 11 is 0. The van der Waals surface area contributed by atoms with Gasteiger partial charge >= 0.3 is 0 Å². The molecule has 2 aromatic rings. The second-order valence-electron chi connectivity index (χ2n) is 9.25. The zero-order valence-electron chi connectivity index (χ0n) is 17.5. The summed E-state index contributed by atoms with van der Waals surface area (Å²) in [5.74, 6) is 0.446. The standard InChI is InChI=1S/C23H32O4SSi/c1-23(2,3)29(21-10-6-4-7-11-21,22-12-8-5-9-13-22)27-15-14-19-16-20(17-19)18-28(24,25)26/h4-13,19-20H,14-18H2,1-3H3,(H,24,25,26). The van der Waals surface area contributed by atoms with Crippen LogP contribution in [0.3, 0.4) is 0 Å². The summed E-state index contributed by atoms with van der Waals surface area (Å²) in [6.07, 6.45) is 2.63. The Morgan fingerprint density at radius 1 is 0.931 bits per heavy atom. The molecule has 4 nitrogen and oxygen atoms in total. The van der Waals surface area contributed by atoms with Gasteiger partial charge in [0.2, 0.25) is 0 Å². The SMILES string of the molecule is CC(C)(C)[Si](OCCC1CC(CS(=O)(=O)O)C1)(c1ccccc1)c1ccccc1. The van der Waals surface area contributed by atoms with Gasteiger partial charge in [-0.05, 0) is 46.5 Å². The number of hydrogen-bond acceptors (Lipinski definition) is 3. The molecule has 0 aromatic heterocycles. The Balaban J connectivity index is 1.77. The summed E-state index contributed by atoms with van der Waals surface area (Å²) in [4.78, 5) is 0. The molecule has 0 atom stereocenters. The fourth-order valence-electron chi connectivity index (χ4n) is 4.68. The minimum atomic E-state index is -3.87. The second-order valence-corrected chi connectivity index (χ2v) is 15.1. The lowest BCUT2D eigenvalue weighted by atomic mass is 9.74. The first kappa shape index (κ1) is 22.2. The van der Waals surface area contributed by atoms with E-state index in [1.165, 1.54) is 10.4 Å². The van der Waals surface area contributed by atoms with Crippen molar-refractivity contribution in [2.75, 3.05) is 12.4 Å². The lowest BCUT2D eigenvalue weighted by molar-refractivity contribution is 0.162. The van der Waals surface area contributed by atoms with Crippen LogP contribution >= 0.6 is 0 Å². The van der Waals surface area contributed by atoms with Gasteiger partial charge in [0.05, 0.1) is 5.75 Å². The van der Waals surface area contributed by atoms with E-state index in [-0.39, 0.29) is 16.7 Å². The molecule has 0 spiro atoms. The van der Waals surface area contributed by atoms with Gasteiger partial charge in [-0.1, -0.05) is 81.4 Å². The highest BCUT2D eigenvalue weighted by Gasteiger charge is 2.50. The van der Waals surface area contributed by atoms with Crippen molar-refractivity contribution in [3.63, 3.8) is 0 Å². The predicted molar refractivity (Wildman–Crippen MR) is 121 cm³/mol. The molecular formula is C23H32O4SSi. The maximum atomic E-state index is 11.0. The molecule has 1 aliphatic carbocycles. The molecule has 1 fully saturated rings. The average Bonchev–Trinajstić information content (AvgIpc) is 2.62. The molecule has 0 amide bonds. The van der Waals surface area contributed by atoms with Gasteiger partial charge in [-0.25, -0.2) is 0 Å². The van der Waals surface area contributed by atoms with Crippen LogP contribution in [0.4, 0.5) is 0 Å². The van der Waals surface area contributed by atoms with Gasteiger partial charge in [0.25, 0.3) is 18.4 Å². The second kappa shape index (κ2) is 8.72. The third kappa shape index (κ3) is 5.18. The molecule has 0 bridgehead atoms. The summed E-state index contributed by atoms with van der Waals surface area (Å²) in [6.45, 7) is 7.47. The zero-order chi connectivity index (χ0) is 21.1. The maximum absolute atomic E-state index is 11.0. The Morgan fingerprint density at radius 3 is 1.83 bits per heavy atom. The predicted octanol–water partition coefficient (Wildman–Crippen LogP) is 3.87. The van der Waals surface area contributed by atoms with Crippen LogP contribution in [0.25, 0.3) is 0 Å². The summed E-state index contributed by atoms with van der Waals surface area (Å²) < 4.78 is 38.0. The van der Waals surface area contributed by atoms with Gasteiger partial charge in [-0.3, -0.25) is 4.55 Å². The van der Waals surface area contributed by atoms with Crippen molar-refractivity contribution in [1.82, 2.24) is 0 Å². The van der Waals surface area contributed by atoms with Crippen LogP contribution < -0.4 is 10.4 Å². The van der Waals surface area contributed by atoms with E-state index in [4.69, 9.17) is 8.98 Å². The first-order valence-electron chi connectivity index (χ1n) is 10.3. The third-order valence-corrected chi connectivity index (χ3v) is 12.0. The maximum Gasteiger partial charge on any atom is 0.265 e. The number of hydrogen-bond donors (Lipinski definition) is 1. The molecule has 1 aliphatic rings. The van der Waals surface area contributed by atoms with E-state index in [1.807, 2.05) is 12.1 Å². The molecule has 0 saturated heterocycles. The van der Waals surface area contributed by atoms with Crippen molar-refractivity contribution < 1.29 is 17.4 Å². The van der Waals surface area contributed by atoms with Crippen molar-refractivity contribution in [1.29, 1.82) is 0 Å². The molecule has 0 heterocycles. The van der Waals surface area contributed by atoms with Gasteiger partial charge in [0.1, 0.15) is 0 Å². The lowest BCUT2D eigenvalue weighted by Gasteiger charge is -2.44. The molecule has 0 unspecified atom stereocenters. The van der Waals surface area contributed by atoms with Crippen LogP contribution in [-0.2, 0) is 14.5 Å². The highest BCUT2D eigenvalue weighted by atomic mass is 32.2. The van der Waals surface area contributed by atoms with Gasteiger partial charge in [0, 0.05) is 6.61 Å². The average molecular weight is 433 g/mol. The minimum Gasteiger partial charge on any atom is -0.407 e. The van der Waals surface area contributed by atoms with Gasteiger partial charge < -0.3 is 4.43 Å². The molecule has 1 saturated carbocycles. The lowest BCUT2D eigenvalue weighted by Crippen LogP contribution is -2.66. The zero-order valence-corrected chi connectivity index (χ0v) is 19.4. The molecule has 6 heteroatoms. The minimum absolute atomic E-state index is 0.0389. The van der Waals surface area contributed by atoms with Gasteiger partial charge in [0.15, 0.2) is 0 Å². The highest BCUT2D eigenvalue weighted by Crippen LogP contribution is 2.39. The highest BCUT2D eigenvalue weighted by molar-refractivity contribution is 7.85. The topological polar surface area (TPSA) is 63.6 Å². The summed E-state index contributed by atoms with van der Waals surface area (Å²) in [5.41, 5.74) is 0. The molecule has 0 aliphatic heterocycles. The van der Waals surface area contributed by atoms with Crippen LogP contribution in [-0.4, -0.2) is 33.6 Å². The van der Waals surface area contributed by atoms with Crippen molar-refractivity contribution in [3.05, 3.63) is 60.7 Å². The molecule has 0 radical (unpaired) electrons. The summed E-state index contributed by atoms with van der Waals surface area (Å²) in [7, 11) is -6.36. The van der Waals surface area contributed by atoms with Crippen LogP contribution in [0.15, 0.2) is 60.7 Å². The third-order valence-electron chi connectivity index (χ3n) is 6.04. The first-order chi connectivity index (χ1) is 13.6. The Morgan fingerprint density at radius 2 is 1.41 bits per heavy atom. The Labute approximate surface area is 176 Å². The Hall–Kier alpha value is -1.47. The van der Waals surface area contributed by atoms with Crippen LogP contribution in [0, 0.1) is 11.8 Å². The van der Waals surface area contributed by atoms with E-state index in [9.17, 15) is 8.42 Å². The largest absolute Gasteiger partial charge is 0.407 e.